The zero-order valence-electron chi connectivity index (χ0n) is 12.0. The second kappa shape index (κ2) is 6.72. The molecule has 2 rings (SSSR count). The third kappa shape index (κ3) is 4.32. The van der Waals surface area contributed by atoms with Gasteiger partial charge in [0.15, 0.2) is 0 Å². The van der Waals surface area contributed by atoms with Gasteiger partial charge in [0.1, 0.15) is 0 Å². The van der Waals surface area contributed by atoms with Gasteiger partial charge in [0.2, 0.25) is 5.91 Å². The van der Waals surface area contributed by atoms with Gasteiger partial charge in [-0.25, -0.2) is 0 Å². The molecular weight excluding hydrogens is 316 g/mol. The van der Waals surface area contributed by atoms with Crippen molar-refractivity contribution in [1.82, 2.24) is 5.32 Å². The number of carbonyl (C=O) groups is 1. The second-order valence-corrected chi connectivity index (χ2v) is 6.86. The third-order valence-corrected chi connectivity index (χ3v) is 4.64. The van der Waals surface area contributed by atoms with E-state index >= 15 is 0 Å². The molecule has 1 fully saturated rings. The van der Waals surface area contributed by atoms with Crippen molar-refractivity contribution >= 4 is 21.8 Å². The number of amides is 1. The Hall–Kier alpha value is -0.870. The molecule has 1 aliphatic rings. The van der Waals surface area contributed by atoms with Crippen LogP contribution >= 0.6 is 15.9 Å². The summed E-state index contributed by atoms with van der Waals surface area (Å²) in [7, 11) is 0. The second-order valence-electron chi connectivity index (χ2n) is 5.94. The van der Waals surface area contributed by atoms with Crippen molar-refractivity contribution in [2.24, 2.45) is 5.73 Å². The Kier molecular flexibility index (Phi) is 5.22. The van der Waals surface area contributed by atoms with Crippen molar-refractivity contribution in [3.05, 3.63) is 34.3 Å². The molecule has 1 aliphatic carbocycles. The topological polar surface area (TPSA) is 55.1 Å². The summed E-state index contributed by atoms with van der Waals surface area (Å²) >= 11 is 3.41. The minimum atomic E-state index is -0.290. The fourth-order valence-electron chi connectivity index (χ4n) is 2.88. The molecular formula is C16H23BrN2O. The van der Waals surface area contributed by atoms with E-state index in [2.05, 4.69) is 21.2 Å². The molecule has 0 saturated heterocycles. The van der Waals surface area contributed by atoms with Crippen LogP contribution in [0.3, 0.4) is 0 Å². The molecule has 0 unspecified atom stereocenters. The van der Waals surface area contributed by atoms with Crippen LogP contribution < -0.4 is 11.1 Å². The molecule has 0 bridgehead atoms. The van der Waals surface area contributed by atoms with Gasteiger partial charge in [0.25, 0.3) is 0 Å². The summed E-state index contributed by atoms with van der Waals surface area (Å²) in [6, 6.07) is 8.04. The first kappa shape index (κ1) is 15.5. The van der Waals surface area contributed by atoms with Crippen molar-refractivity contribution in [1.29, 1.82) is 0 Å². The first-order valence-corrected chi connectivity index (χ1v) is 8.12. The summed E-state index contributed by atoms with van der Waals surface area (Å²) in [5.74, 6) is 0.0600. The van der Waals surface area contributed by atoms with Crippen LogP contribution in [0.1, 0.15) is 57.1 Å². The zero-order valence-corrected chi connectivity index (χ0v) is 13.6. The lowest BCUT2D eigenvalue weighted by atomic mass is 9.80. The average Bonchev–Trinajstić information content (AvgIpc) is 2.39. The van der Waals surface area contributed by atoms with Crippen LogP contribution in [0.4, 0.5) is 0 Å². The SMILES string of the molecule is C[C@@H](NC(=O)CC1(N)CCCCC1)c1ccc(Br)cc1. The maximum absolute atomic E-state index is 12.2. The van der Waals surface area contributed by atoms with Crippen molar-refractivity contribution in [2.45, 2.75) is 57.0 Å². The number of hydrogen-bond donors (Lipinski definition) is 2. The van der Waals surface area contributed by atoms with Gasteiger partial charge in [-0.2, -0.15) is 0 Å². The van der Waals surface area contributed by atoms with Crippen LogP contribution in [0.2, 0.25) is 0 Å². The standard InChI is InChI=1S/C16H23BrN2O/c1-12(13-5-7-14(17)8-6-13)19-15(20)11-16(18)9-3-2-4-10-16/h5-8,12H,2-4,9-11,18H2,1H3,(H,19,20)/t12-/m1/s1. The van der Waals surface area contributed by atoms with Crippen molar-refractivity contribution in [3.63, 3.8) is 0 Å². The highest BCUT2D eigenvalue weighted by molar-refractivity contribution is 9.10. The van der Waals surface area contributed by atoms with E-state index in [1.54, 1.807) is 0 Å². The Morgan fingerprint density at radius 2 is 1.90 bits per heavy atom. The smallest absolute Gasteiger partial charge is 0.222 e. The van der Waals surface area contributed by atoms with Crippen molar-refractivity contribution < 1.29 is 4.79 Å². The normalized spacial score (nSPS) is 19.4. The maximum atomic E-state index is 12.2. The van der Waals surface area contributed by atoms with Crippen LogP contribution in [0.15, 0.2) is 28.7 Å². The molecule has 0 aromatic heterocycles. The monoisotopic (exact) mass is 338 g/mol. The predicted octanol–water partition coefficient (Wildman–Crippen LogP) is 3.68. The van der Waals surface area contributed by atoms with Crippen LogP contribution in [-0.4, -0.2) is 11.4 Å². The van der Waals surface area contributed by atoms with Crippen molar-refractivity contribution in [3.8, 4) is 0 Å². The molecule has 1 aromatic rings. The first-order chi connectivity index (χ1) is 9.48. The van der Waals surface area contributed by atoms with E-state index in [0.717, 1.165) is 35.7 Å². The summed E-state index contributed by atoms with van der Waals surface area (Å²) < 4.78 is 1.04. The number of nitrogens with one attached hydrogen (secondary N) is 1. The molecule has 4 heteroatoms. The molecule has 0 radical (unpaired) electrons. The van der Waals surface area contributed by atoms with Gasteiger partial charge in [-0.15, -0.1) is 0 Å². The Morgan fingerprint density at radius 3 is 2.50 bits per heavy atom. The Bertz CT molecular complexity index is 452. The fourth-order valence-corrected chi connectivity index (χ4v) is 3.14. The minimum Gasteiger partial charge on any atom is -0.350 e. The minimum absolute atomic E-state index is 0.0165. The summed E-state index contributed by atoms with van der Waals surface area (Å²) in [6.45, 7) is 2.01. The van der Waals surface area contributed by atoms with Crippen LogP contribution in [0, 0.1) is 0 Å². The highest BCUT2D eigenvalue weighted by atomic mass is 79.9. The molecule has 0 heterocycles. The number of rotatable bonds is 4. The molecule has 20 heavy (non-hydrogen) atoms. The van der Waals surface area contributed by atoms with E-state index < -0.39 is 0 Å². The van der Waals surface area contributed by atoms with Crippen LogP contribution in [0.25, 0.3) is 0 Å². The van der Waals surface area contributed by atoms with E-state index in [4.69, 9.17) is 5.73 Å². The molecule has 0 spiro atoms. The summed E-state index contributed by atoms with van der Waals surface area (Å²) in [5.41, 5.74) is 7.14. The lowest BCUT2D eigenvalue weighted by Gasteiger charge is -2.33. The Labute approximate surface area is 129 Å². The molecule has 3 nitrogen and oxygen atoms in total. The number of hydrogen-bond acceptors (Lipinski definition) is 2. The Balaban J connectivity index is 1.89. The number of carbonyl (C=O) groups excluding carboxylic acids is 1. The molecule has 110 valence electrons. The zero-order chi connectivity index (χ0) is 14.6. The van der Waals surface area contributed by atoms with E-state index in [1.165, 1.54) is 6.42 Å². The van der Waals surface area contributed by atoms with Gasteiger partial charge < -0.3 is 11.1 Å². The molecule has 1 amide bonds. The Morgan fingerprint density at radius 1 is 1.30 bits per heavy atom. The van der Waals surface area contributed by atoms with E-state index in [9.17, 15) is 4.79 Å². The van der Waals surface area contributed by atoms with Crippen LogP contribution in [0.5, 0.6) is 0 Å². The molecule has 1 aromatic carbocycles. The maximum Gasteiger partial charge on any atom is 0.222 e. The van der Waals surface area contributed by atoms with E-state index in [0.29, 0.717) is 6.42 Å². The summed E-state index contributed by atoms with van der Waals surface area (Å²) in [6.07, 6.45) is 5.90. The highest BCUT2D eigenvalue weighted by Gasteiger charge is 2.30. The molecule has 0 aliphatic heterocycles. The number of nitrogens with two attached hydrogens (primary N) is 1. The molecule has 3 N–H and O–H groups in total. The predicted molar refractivity (Wildman–Crippen MR) is 85.3 cm³/mol. The average molecular weight is 339 g/mol. The first-order valence-electron chi connectivity index (χ1n) is 7.32. The summed E-state index contributed by atoms with van der Waals surface area (Å²) in [5, 5.41) is 3.05. The van der Waals surface area contributed by atoms with Gasteiger partial charge >= 0.3 is 0 Å². The lowest BCUT2D eigenvalue weighted by Crippen LogP contribution is -2.46. The van der Waals surface area contributed by atoms with Gasteiger partial charge in [0, 0.05) is 16.4 Å². The number of halogens is 1. The lowest BCUT2D eigenvalue weighted by molar-refractivity contribution is -0.123. The van der Waals surface area contributed by atoms with Gasteiger partial charge in [0.05, 0.1) is 6.04 Å². The van der Waals surface area contributed by atoms with Gasteiger partial charge in [-0.05, 0) is 37.5 Å². The molecule has 1 atom stereocenters. The fraction of sp³-hybridized carbons (Fsp3) is 0.562. The number of benzene rings is 1. The third-order valence-electron chi connectivity index (χ3n) is 4.11. The van der Waals surface area contributed by atoms with Crippen LogP contribution in [-0.2, 0) is 4.79 Å². The van der Waals surface area contributed by atoms with Crippen molar-refractivity contribution in [2.75, 3.05) is 0 Å². The van der Waals surface area contributed by atoms with Gasteiger partial charge in [-0.3, -0.25) is 4.79 Å². The van der Waals surface area contributed by atoms with E-state index in [-0.39, 0.29) is 17.5 Å². The highest BCUT2D eigenvalue weighted by Crippen LogP contribution is 2.28. The summed E-state index contributed by atoms with van der Waals surface area (Å²) in [4.78, 5) is 12.2. The quantitative estimate of drug-likeness (QED) is 0.879. The van der Waals surface area contributed by atoms with E-state index in [1.807, 2.05) is 31.2 Å². The molecule has 1 saturated carbocycles. The largest absolute Gasteiger partial charge is 0.350 e. The van der Waals surface area contributed by atoms with Gasteiger partial charge in [-0.1, -0.05) is 47.3 Å².